The molecular formula is C15H17N5S. The first-order valence-electron chi connectivity index (χ1n) is 6.80. The Morgan fingerprint density at radius 1 is 1.24 bits per heavy atom. The Morgan fingerprint density at radius 3 is 2.71 bits per heavy atom. The lowest BCUT2D eigenvalue weighted by molar-refractivity contribution is 0.890. The van der Waals surface area contributed by atoms with Crippen molar-refractivity contribution in [2.45, 2.75) is 26.8 Å². The van der Waals surface area contributed by atoms with Crippen LogP contribution in [0.5, 0.6) is 0 Å². The summed E-state index contributed by atoms with van der Waals surface area (Å²) in [5.74, 6) is 1.52. The predicted octanol–water partition coefficient (Wildman–Crippen LogP) is 3.72. The van der Waals surface area contributed by atoms with Crippen LogP contribution >= 0.6 is 11.3 Å². The second kappa shape index (κ2) is 5.65. The normalized spacial score (nSPS) is 12.3. The van der Waals surface area contributed by atoms with E-state index >= 15 is 0 Å². The number of H-pyrrole nitrogens is 1. The molecule has 2 N–H and O–H groups in total. The Labute approximate surface area is 127 Å². The summed E-state index contributed by atoms with van der Waals surface area (Å²) >= 11 is 1.67. The van der Waals surface area contributed by atoms with Gasteiger partial charge in [0, 0.05) is 16.1 Å². The van der Waals surface area contributed by atoms with Crippen molar-refractivity contribution in [1.82, 2.24) is 20.2 Å². The lowest BCUT2D eigenvalue weighted by Crippen LogP contribution is -2.07. The van der Waals surface area contributed by atoms with E-state index in [9.17, 15) is 0 Å². The van der Waals surface area contributed by atoms with Crippen molar-refractivity contribution in [3.8, 4) is 11.4 Å². The van der Waals surface area contributed by atoms with Gasteiger partial charge in [0.05, 0.1) is 17.2 Å². The third kappa shape index (κ3) is 2.80. The third-order valence-corrected chi connectivity index (χ3v) is 4.43. The van der Waals surface area contributed by atoms with Gasteiger partial charge < -0.3 is 5.32 Å². The second-order valence-corrected chi connectivity index (χ2v) is 5.84. The Kier molecular flexibility index (Phi) is 3.70. The maximum Gasteiger partial charge on any atom is 0.183 e. The second-order valence-electron chi connectivity index (χ2n) is 4.96. The smallest absolute Gasteiger partial charge is 0.183 e. The quantitative estimate of drug-likeness (QED) is 0.770. The predicted molar refractivity (Wildman–Crippen MR) is 85.4 cm³/mol. The van der Waals surface area contributed by atoms with Gasteiger partial charge in [-0.3, -0.25) is 5.10 Å². The zero-order valence-electron chi connectivity index (χ0n) is 12.2. The summed E-state index contributed by atoms with van der Waals surface area (Å²) in [5.41, 5.74) is 4.98. The van der Waals surface area contributed by atoms with E-state index in [1.54, 1.807) is 11.3 Å². The summed E-state index contributed by atoms with van der Waals surface area (Å²) in [6.07, 6.45) is 0. The van der Waals surface area contributed by atoms with Crippen molar-refractivity contribution in [3.63, 3.8) is 0 Å². The van der Waals surface area contributed by atoms with Crippen molar-refractivity contribution >= 4 is 17.0 Å². The van der Waals surface area contributed by atoms with Gasteiger partial charge in [-0.25, -0.2) is 9.97 Å². The molecule has 21 heavy (non-hydrogen) atoms. The number of aryl methyl sites for hydroxylation is 2. The molecule has 0 aliphatic rings. The lowest BCUT2D eigenvalue weighted by atomic mass is 10.1. The zero-order chi connectivity index (χ0) is 14.8. The lowest BCUT2D eigenvalue weighted by Gasteiger charge is -2.16. The van der Waals surface area contributed by atoms with Gasteiger partial charge in [-0.2, -0.15) is 5.10 Å². The van der Waals surface area contributed by atoms with E-state index in [0.717, 1.165) is 22.8 Å². The molecule has 0 aliphatic carbocycles. The maximum atomic E-state index is 4.41. The first kappa shape index (κ1) is 13.8. The Hall–Kier alpha value is -2.21. The molecule has 0 spiro atoms. The van der Waals surface area contributed by atoms with E-state index in [-0.39, 0.29) is 6.04 Å². The minimum Gasteiger partial charge on any atom is -0.377 e. The van der Waals surface area contributed by atoms with Crippen molar-refractivity contribution < 1.29 is 0 Å². The van der Waals surface area contributed by atoms with Crippen molar-refractivity contribution in [1.29, 1.82) is 0 Å². The number of aromatic nitrogens is 4. The Balaban J connectivity index is 1.91. The third-order valence-electron chi connectivity index (χ3n) is 3.31. The fourth-order valence-electron chi connectivity index (χ4n) is 2.29. The molecule has 3 rings (SSSR count). The fraction of sp³-hybridized carbons (Fsp3) is 0.267. The van der Waals surface area contributed by atoms with Crippen LogP contribution in [-0.4, -0.2) is 20.2 Å². The van der Waals surface area contributed by atoms with Crippen molar-refractivity contribution in [2.24, 2.45) is 0 Å². The van der Waals surface area contributed by atoms with Gasteiger partial charge >= 0.3 is 0 Å². The highest BCUT2D eigenvalue weighted by Gasteiger charge is 2.14. The molecule has 0 saturated carbocycles. The largest absolute Gasteiger partial charge is 0.377 e. The summed E-state index contributed by atoms with van der Waals surface area (Å²) in [6, 6.07) is 8.27. The van der Waals surface area contributed by atoms with Crippen molar-refractivity contribution in [2.75, 3.05) is 5.32 Å². The standard InChI is InChI=1S/C15H17N5S/c1-9-14(21-8-16-9)10(2)17-13-7-5-4-6-12(13)15-18-11(3)19-20-15/h4-8,10,17H,1-3H3,(H,18,19,20). The first-order chi connectivity index (χ1) is 10.1. The van der Waals surface area contributed by atoms with E-state index in [1.807, 2.05) is 43.6 Å². The molecule has 0 amide bonds. The average Bonchev–Trinajstić information content (AvgIpc) is 3.08. The molecule has 6 heteroatoms. The molecular weight excluding hydrogens is 282 g/mol. The fourth-order valence-corrected chi connectivity index (χ4v) is 3.10. The Morgan fingerprint density at radius 2 is 2.05 bits per heavy atom. The highest BCUT2D eigenvalue weighted by atomic mass is 32.1. The highest BCUT2D eigenvalue weighted by molar-refractivity contribution is 7.09. The molecule has 0 saturated heterocycles. The van der Waals surface area contributed by atoms with Crippen LogP contribution in [-0.2, 0) is 0 Å². The number of para-hydroxylation sites is 1. The van der Waals surface area contributed by atoms with Gasteiger partial charge in [0.15, 0.2) is 5.82 Å². The number of rotatable bonds is 4. The van der Waals surface area contributed by atoms with Crippen LogP contribution < -0.4 is 5.32 Å². The van der Waals surface area contributed by atoms with Gasteiger partial charge in [-0.05, 0) is 32.9 Å². The topological polar surface area (TPSA) is 66.5 Å². The maximum absolute atomic E-state index is 4.41. The van der Waals surface area contributed by atoms with Crippen LogP contribution in [0.3, 0.4) is 0 Å². The van der Waals surface area contributed by atoms with Crippen LogP contribution in [0.25, 0.3) is 11.4 Å². The monoisotopic (exact) mass is 299 g/mol. The molecule has 108 valence electrons. The average molecular weight is 299 g/mol. The molecule has 0 aliphatic heterocycles. The molecule has 0 radical (unpaired) electrons. The number of hydrogen-bond donors (Lipinski definition) is 2. The van der Waals surface area contributed by atoms with Crippen LogP contribution in [0.2, 0.25) is 0 Å². The summed E-state index contributed by atoms with van der Waals surface area (Å²) < 4.78 is 0. The van der Waals surface area contributed by atoms with Gasteiger partial charge in [0.25, 0.3) is 0 Å². The van der Waals surface area contributed by atoms with Crippen LogP contribution in [0.4, 0.5) is 5.69 Å². The molecule has 2 heterocycles. The number of hydrogen-bond acceptors (Lipinski definition) is 5. The zero-order valence-corrected chi connectivity index (χ0v) is 13.0. The van der Waals surface area contributed by atoms with E-state index in [0.29, 0.717) is 5.82 Å². The minimum absolute atomic E-state index is 0.193. The number of benzene rings is 1. The molecule has 0 fully saturated rings. The van der Waals surface area contributed by atoms with Gasteiger partial charge in [-0.1, -0.05) is 12.1 Å². The van der Waals surface area contributed by atoms with Crippen LogP contribution in [0.15, 0.2) is 29.8 Å². The van der Waals surface area contributed by atoms with E-state index < -0.39 is 0 Å². The highest BCUT2D eigenvalue weighted by Crippen LogP contribution is 2.30. The van der Waals surface area contributed by atoms with Crippen molar-refractivity contribution in [3.05, 3.63) is 46.2 Å². The van der Waals surface area contributed by atoms with Gasteiger partial charge in [-0.15, -0.1) is 11.3 Å². The molecule has 1 aromatic carbocycles. The molecule has 5 nitrogen and oxygen atoms in total. The molecule has 1 atom stereocenters. The van der Waals surface area contributed by atoms with E-state index in [1.165, 1.54) is 4.88 Å². The minimum atomic E-state index is 0.193. The number of nitrogens with one attached hydrogen (secondary N) is 2. The summed E-state index contributed by atoms with van der Waals surface area (Å²) in [7, 11) is 0. The van der Waals surface area contributed by atoms with Gasteiger partial charge in [0.1, 0.15) is 5.82 Å². The number of thiazole rings is 1. The van der Waals surface area contributed by atoms with Crippen LogP contribution in [0.1, 0.15) is 29.4 Å². The molecule has 0 bridgehead atoms. The molecule has 3 aromatic rings. The van der Waals surface area contributed by atoms with Crippen LogP contribution in [0, 0.1) is 13.8 Å². The number of anilines is 1. The summed E-state index contributed by atoms with van der Waals surface area (Å²) in [6.45, 7) is 6.07. The molecule has 2 aromatic heterocycles. The van der Waals surface area contributed by atoms with E-state index in [2.05, 4.69) is 32.4 Å². The Bertz CT molecular complexity index is 746. The summed E-state index contributed by atoms with van der Waals surface area (Å²) in [4.78, 5) is 9.97. The number of aromatic amines is 1. The van der Waals surface area contributed by atoms with Gasteiger partial charge in [0.2, 0.25) is 0 Å². The molecule has 1 unspecified atom stereocenters. The SMILES string of the molecule is Cc1nc(-c2ccccc2NC(C)c2scnc2C)n[nH]1. The first-order valence-corrected chi connectivity index (χ1v) is 7.68. The summed E-state index contributed by atoms with van der Waals surface area (Å²) in [5, 5.41) is 10.7. The number of nitrogens with zero attached hydrogens (tertiary/aromatic N) is 3. The van der Waals surface area contributed by atoms with E-state index in [4.69, 9.17) is 0 Å².